The summed E-state index contributed by atoms with van der Waals surface area (Å²) in [5.74, 6) is -2.65. The molecule has 2 unspecified atom stereocenters. The molecule has 0 aromatic heterocycles. The molecule has 0 radical (unpaired) electrons. The first-order valence-electron chi connectivity index (χ1n) is 4.59. The number of carboxylic acids is 2. The Bertz CT molecular complexity index is 290. The third-order valence-corrected chi connectivity index (χ3v) is 3.42. The molecular weight excluding hydrogens is 184 g/mol. The molecule has 2 atom stereocenters. The van der Waals surface area contributed by atoms with Crippen LogP contribution in [0.3, 0.4) is 0 Å². The van der Waals surface area contributed by atoms with E-state index in [0.29, 0.717) is 0 Å². The molecule has 80 valence electrons. The van der Waals surface area contributed by atoms with Gasteiger partial charge < -0.3 is 10.2 Å². The van der Waals surface area contributed by atoms with Crippen LogP contribution in [0, 0.1) is 22.7 Å². The van der Waals surface area contributed by atoms with Gasteiger partial charge in [0.15, 0.2) is 0 Å². The average Bonchev–Trinajstić information content (AvgIpc) is 2.53. The Morgan fingerprint density at radius 3 is 1.86 bits per heavy atom. The van der Waals surface area contributed by atoms with Gasteiger partial charge in [-0.25, -0.2) is 0 Å². The Kier molecular flexibility index (Phi) is 2.14. The highest BCUT2D eigenvalue weighted by Crippen LogP contribution is 2.65. The minimum Gasteiger partial charge on any atom is -0.481 e. The molecule has 0 heterocycles. The van der Waals surface area contributed by atoms with Crippen LogP contribution >= 0.6 is 0 Å². The lowest BCUT2D eigenvalue weighted by molar-refractivity contribution is -0.149. The molecule has 1 rings (SSSR count). The van der Waals surface area contributed by atoms with E-state index in [4.69, 9.17) is 10.2 Å². The normalized spacial score (nSPS) is 29.7. The summed E-state index contributed by atoms with van der Waals surface area (Å²) in [6.45, 7) is 6.79. The number of hydrogen-bond donors (Lipinski definition) is 2. The lowest BCUT2D eigenvalue weighted by Crippen LogP contribution is -2.28. The smallest absolute Gasteiger partial charge is 0.309 e. The van der Waals surface area contributed by atoms with E-state index in [9.17, 15) is 9.59 Å². The van der Waals surface area contributed by atoms with Crippen molar-refractivity contribution in [2.24, 2.45) is 22.7 Å². The Morgan fingerprint density at radius 2 is 1.64 bits per heavy atom. The van der Waals surface area contributed by atoms with E-state index in [0.717, 1.165) is 0 Å². The fraction of sp³-hybridized carbons (Fsp3) is 0.800. The van der Waals surface area contributed by atoms with Gasteiger partial charge in [0.2, 0.25) is 0 Å². The standard InChI is InChI=1S/C10H16O4/c1-9(2)5(7(11)12)6(9)10(3,4)8(13)14/h5-6H,1-4H3,(H,11,12)(H,13,14). The van der Waals surface area contributed by atoms with Gasteiger partial charge in [-0.1, -0.05) is 13.8 Å². The third-order valence-electron chi connectivity index (χ3n) is 3.42. The van der Waals surface area contributed by atoms with Crippen molar-refractivity contribution in [3.63, 3.8) is 0 Å². The van der Waals surface area contributed by atoms with Crippen molar-refractivity contribution in [3.05, 3.63) is 0 Å². The lowest BCUT2D eigenvalue weighted by Gasteiger charge is -2.20. The topological polar surface area (TPSA) is 74.6 Å². The minimum absolute atomic E-state index is 0.287. The lowest BCUT2D eigenvalue weighted by atomic mass is 9.83. The summed E-state index contributed by atoms with van der Waals surface area (Å²) < 4.78 is 0. The van der Waals surface area contributed by atoms with Gasteiger partial charge in [-0.2, -0.15) is 0 Å². The Labute approximate surface area is 82.9 Å². The number of aliphatic carboxylic acids is 2. The Balaban J connectivity index is 2.94. The van der Waals surface area contributed by atoms with Gasteiger partial charge in [0, 0.05) is 0 Å². The Hall–Kier alpha value is -1.06. The monoisotopic (exact) mass is 200 g/mol. The first-order valence-corrected chi connectivity index (χ1v) is 4.59. The fourth-order valence-corrected chi connectivity index (χ4v) is 2.58. The SMILES string of the molecule is CC(C)(C(=O)O)C1C(C(=O)O)C1(C)C. The van der Waals surface area contributed by atoms with Gasteiger partial charge in [-0.15, -0.1) is 0 Å². The van der Waals surface area contributed by atoms with Gasteiger partial charge >= 0.3 is 11.9 Å². The van der Waals surface area contributed by atoms with Gasteiger partial charge in [-0.05, 0) is 25.2 Å². The van der Waals surface area contributed by atoms with Crippen LogP contribution in [0.25, 0.3) is 0 Å². The van der Waals surface area contributed by atoms with Gasteiger partial charge in [-0.3, -0.25) is 9.59 Å². The summed E-state index contributed by atoms with van der Waals surface area (Å²) in [5, 5.41) is 17.9. The van der Waals surface area contributed by atoms with E-state index >= 15 is 0 Å². The average molecular weight is 200 g/mol. The van der Waals surface area contributed by atoms with Crippen molar-refractivity contribution in [1.29, 1.82) is 0 Å². The predicted octanol–water partition coefficient (Wildman–Crippen LogP) is 1.45. The van der Waals surface area contributed by atoms with Crippen LogP contribution in [0.1, 0.15) is 27.7 Å². The highest BCUT2D eigenvalue weighted by atomic mass is 16.4. The summed E-state index contributed by atoms with van der Waals surface area (Å²) in [7, 11) is 0. The van der Waals surface area contributed by atoms with E-state index in [2.05, 4.69) is 0 Å². The maximum atomic E-state index is 11.0. The molecule has 1 saturated carbocycles. The highest BCUT2D eigenvalue weighted by Gasteiger charge is 2.69. The van der Waals surface area contributed by atoms with Crippen LogP contribution in [-0.4, -0.2) is 22.2 Å². The fourth-order valence-electron chi connectivity index (χ4n) is 2.58. The molecular formula is C10H16O4. The molecule has 0 saturated heterocycles. The van der Waals surface area contributed by atoms with E-state index in [1.54, 1.807) is 27.7 Å². The minimum atomic E-state index is -0.966. The van der Waals surface area contributed by atoms with Crippen molar-refractivity contribution in [3.8, 4) is 0 Å². The van der Waals surface area contributed by atoms with Crippen LogP contribution in [-0.2, 0) is 9.59 Å². The first-order chi connectivity index (χ1) is 6.13. The van der Waals surface area contributed by atoms with Crippen molar-refractivity contribution in [2.75, 3.05) is 0 Å². The van der Waals surface area contributed by atoms with E-state index < -0.39 is 28.7 Å². The summed E-state index contributed by atoms with van der Waals surface area (Å²) >= 11 is 0. The van der Waals surface area contributed by atoms with E-state index in [1.807, 2.05) is 0 Å². The molecule has 4 nitrogen and oxygen atoms in total. The number of carboxylic acid groups (broad SMARTS) is 2. The second-order valence-corrected chi connectivity index (χ2v) is 5.14. The summed E-state index contributed by atoms with van der Waals surface area (Å²) in [6, 6.07) is 0. The number of carbonyl (C=O) groups is 2. The largest absolute Gasteiger partial charge is 0.481 e. The molecule has 0 spiro atoms. The molecule has 0 aromatic carbocycles. The van der Waals surface area contributed by atoms with Crippen LogP contribution < -0.4 is 0 Å². The summed E-state index contributed by atoms with van der Waals surface area (Å²) in [5.41, 5.74) is -1.37. The first kappa shape index (κ1) is 11.0. The zero-order valence-corrected chi connectivity index (χ0v) is 8.87. The van der Waals surface area contributed by atoms with Gasteiger partial charge in [0.1, 0.15) is 0 Å². The van der Waals surface area contributed by atoms with Crippen LogP contribution in [0.2, 0.25) is 0 Å². The van der Waals surface area contributed by atoms with Gasteiger partial charge in [0.25, 0.3) is 0 Å². The molecule has 0 aliphatic heterocycles. The van der Waals surface area contributed by atoms with E-state index in [1.165, 1.54) is 0 Å². The molecule has 14 heavy (non-hydrogen) atoms. The molecule has 4 heteroatoms. The molecule has 2 N–H and O–H groups in total. The molecule has 0 bridgehead atoms. The molecule has 0 amide bonds. The highest BCUT2D eigenvalue weighted by molar-refractivity contribution is 5.81. The van der Waals surface area contributed by atoms with Gasteiger partial charge in [0.05, 0.1) is 11.3 Å². The Morgan fingerprint density at radius 1 is 1.21 bits per heavy atom. The summed E-state index contributed by atoms with van der Waals surface area (Å²) in [6.07, 6.45) is 0. The van der Waals surface area contributed by atoms with Crippen LogP contribution in [0.4, 0.5) is 0 Å². The maximum absolute atomic E-state index is 11.0. The van der Waals surface area contributed by atoms with Crippen LogP contribution in [0.15, 0.2) is 0 Å². The molecule has 1 aliphatic rings. The van der Waals surface area contributed by atoms with Crippen molar-refractivity contribution < 1.29 is 19.8 Å². The van der Waals surface area contributed by atoms with Crippen molar-refractivity contribution in [1.82, 2.24) is 0 Å². The van der Waals surface area contributed by atoms with E-state index in [-0.39, 0.29) is 5.92 Å². The predicted molar refractivity (Wildman–Crippen MR) is 49.8 cm³/mol. The molecule has 1 fully saturated rings. The zero-order valence-electron chi connectivity index (χ0n) is 8.87. The second kappa shape index (κ2) is 2.72. The summed E-state index contributed by atoms with van der Waals surface area (Å²) in [4.78, 5) is 21.8. The second-order valence-electron chi connectivity index (χ2n) is 5.14. The van der Waals surface area contributed by atoms with Crippen molar-refractivity contribution in [2.45, 2.75) is 27.7 Å². The van der Waals surface area contributed by atoms with Crippen LogP contribution in [0.5, 0.6) is 0 Å². The quantitative estimate of drug-likeness (QED) is 0.723. The maximum Gasteiger partial charge on any atom is 0.309 e. The molecule has 1 aliphatic carbocycles. The molecule has 0 aromatic rings. The number of hydrogen-bond acceptors (Lipinski definition) is 2. The van der Waals surface area contributed by atoms with Crippen molar-refractivity contribution >= 4 is 11.9 Å². The third kappa shape index (κ3) is 1.29. The number of rotatable bonds is 3. The zero-order chi connectivity index (χ0) is 11.3.